The Kier molecular flexibility index (Phi) is 2.91. The van der Waals surface area contributed by atoms with E-state index < -0.39 is 5.97 Å². The Balaban J connectivity index is 2.03. The first-order chi connectivity index (χ1) is 9.65. The zero-order valence-corrected chi connectivity index (χ0v) is 10.7. The second kappa shape index (κ2) is 4.74. The van der Waals surface area contributed by atoms with E-state index >= 15 is 0 Å². The maximum Gasteiger partial charge on any atom is 0.336 e. The topological polar surface area (TPSA) is 62.5 Å². The summed E-state index contributed by atoms with van der Waals surface area (Å²) < 4.78 is 1.99. The molecule has 2 aromatic carbocycles. The summed E-state index contributed by atoms with van der Waals surface area (Å²) in [7, 11) is 0. The number of hydrogen-bond acceptors (Lipinski definition) is 2. The van der Waals surface area contributed by atoms with E-state index in [1.165, 1.54) is 0 Å². The molecule has 0 fully saturated rings. The summed E-state index contributed by atoms with van der Waals surface area (Å²) in [6.45, 7) is 0.632. The van der Waals surface area contributed by atoms with Crippen LogP contribution in [0.3, 0.4) is 0 Å². The van der Waals surface area contributed by atoms with Gasteiger partial charge in [-0.05, 0) is 35.9 Å². The molecule has 3 rings (SSSR count). The lowest BCUT2D eigenvalue weighted by molar-refractivity contribution is 0.0699. The van der Waals surface area contributed by atoms with Crippen molar-refractivity contribution in [1.29, 1.82) is 0 Å². The monoisotopic (exact) mass is 267 g/mol. The number of carboxylic acid groups (broad SMARTS) is 1. The highest BCUT2D eigenvalue weighted by Crippen LogP contribution is 2.22. The van der Waals surface area contributed by atoms with Gasteiger partial charge in [0.15, 0.2) is 0 Å². The first kappa shape index (κ1) is 12.3. The standard InChI is InChI=1S/C16H13NO3/c18-12-6-4-11(5-7-12)10-17-9-8-13-14(16(19)20)2-1-3-15(13)17/h1-9,18H,10H2,(H,19,20). The Labute approximate surface area is 115 Å². The lowest BCUT2D eigenvalue weighted by atomic mass is 10.1. The number of fused-ring (bicyclic) bond motifs is 1. The summed E-state index contributed by atoms with van der Waals surface area (Å²) in [6.07, 6.45) is 1.88. The number of benzene rings is 2. The molecular weight excluding hydrogens is 254 g/mol. The number of aromatic nitrogens is 1. The van der Waals surface area contributed by atoms with Crippen LogP contribution in [-0.2, 0) is 6.54 Å². The summed E-state index contributed by atoms with van der Waals surface area (Å²) in [5, 5.41) is 19.2. The van der Waals surface area contributed by atoms with Crippen LogP contribution in [-0.4, -0.2) is 20.7 Å². The molecule has 0 bridgehead atoms. The van der Waals surface area contributed by atoms with Crippen molar-refractivity contribution in [2.75, 3.05) is 0 Å². The normalized spacial score (nSPS) is 10.8. The minimum Gasteiger partial charge on any atom is -0.508 e. The van der Waals surface area contributed by atoms with Crippen molar-refractivity contribution in [3.63, 3.8) is 0 Å². The third kappa shape index (κ3) is 2.12. The molecule has 4 nitrogen and oxygen atoms in total. The van der Waals surface area contributed by atoms with Crippen molar-refractivity contribution in [1.82, 2.24) is 4.57 Å². The van der Waals surface area contributed by atoms with Crippen molar-refractivity contribution in [2.24, 2.45) is 0 Å². The number of rotatable bonds is 3. The fourth-order valence-corrected chi connectivity index (χ4v) is 2.35. The van der Waals surface area contributed by atoms with Gasteiger partial charge in [0.1, 0.15) is 5.75 Å². The molecule has 4 heteroatoms. The molecule has 1 heterocycles. The average Bonchev–Trinajstić information content (AvgIpc) is 2.84. The van der Waals surface area contributed by atoms with Gasteiger partial charge in [-0.3, -0.25) is 0 Å². The molecule has 0 saturated heterocycles. The van der Waals surface area contributed by atoms with Crippen LogP contribution in [0.1, 0.15) is 15.9 Å². The van der Waals surface area contributed by atoms with Crippen molar-refractivity contribution >= 4 is 16.9 Å². The van der Waals surface area contributed by atoms with E-state index in [4.69, 9.17) is 0 Å². The average molecular weight is 267 g/mol. The molecule has 0 saturated carbocycles. The van der Waals surface area contributed by atoms with Gasteiger partial charge in [0.25, 0.3) is 0 Å². The van der Waals surface area contributed by atoms with Crippen LogP contribution in [0.5, 0.6) is 5.75 Å². The number of hydrogen-bond donors (Lipinski definition) is 2. The van der Waals surface area contributed by atoms with Crippen molar-refractivity contribution in [2.45, 2.75) is 6.54 Å². The molecule has 0 amide bonds. The highest BCUT2D eigenvalue weighted by Gasteiger charge is 2.10. The first-order valence-electron chi connectivity index (χ1n) is 6.24. The Morgan fingerprint density at radius 2 is 1.80 bits per heavy atom. The Morgan fingerprint density at radius 1 is 1.05 bits per heavy atom. The first-order valence-corrected chi connectivity index (χ1v) is 6.24. The molecule has 20 heavy (non-hydrogen) atoms. The molecule has 100 valence electrons. The van der Waals surface area contributed by atoms with Crippen molar-refractivity contribution in [3.05, 3.63) is 65.9 Å². The number of aromatic carboxylic acids is 1. The maximum absolute atomic E-state index is 11.2. The van der Waals surface area contributed by atoms with Crippen LogP contribution in [0, 0.1) is 0 Å². The number of carbonyl (C=O) groups is 1. The third-order valence-electron chi connectivity index (χ3n) is 3.33. The smallest absolute Gasteiger partial charge is 0.336 e. The second-order valence-electron chi connectivity index (χ2n) is 4.65. The summed E-state index contributed by atoms with van der Waals surface area (Å²) >= 11 is 0. The lowest BCUT2D eigenvalue weighted by Crippen LogP contribution is -1.99. The fraction of sp³-hybridized carbons (Fsp3) is 0.0625. The summed E-state index contributed by atoms with van der Waals surface area (Å²) in [5.74, 6) is -0.683. The van der Waals surface area contributed by atoms with Gasteiger partial charge in [-0.1, -0.05) is 18.2 Å². The van der Waals surface area contributed by atoms with E-state index in [1.54, 1.807) is 24.3 Å². The van der Waals surface area contributed by atoms with Gasteiger partial charge in [-0.25, -0.2) is 4.79 Å². The van der Waals surface area contributed by atoms with Gasteiger partial charge in [0, 0.05) is 23.6 Å². The minimum atomic E-state index is -0.919. The number of carboxylic acids is 1. The molecule has 1 aromatic heterocycles. The number of phenols is 1. The van der Waals surface area contributed by atoms with E-state index in [9.17, 15) is 15.0 Å². The zero-order chi connectivity index (χ0) is 14.1. The van der Waals surface area contributed by atoms with E-state index in [0.29, 0.717) is 12.1 Å². The Hall–Kier alpha value is -2.75. The Morgan fingerprint density at radius 3 is 2.50 bits per heavy atom. The van der Waals surface area contributed by atoms with Gasteiger partial charge < -0.3 is 14.8 Å². The largest absolute Gasteiger partial charge is 0.508 e. The number of aromatic hydroxyl groups is 1. The SMILES string of the molecule is O=C(O)c1cccc2c1ccn2Cc1ccc(O)cc1. The molecule has 0 unspecified atom stereocenters. The van der Waals surface area contributed by atoms with Gasteiger partial charge >= 0.3 is 5.97 Å². The lowest BCUT2D eigenvalue weighted by Gasteiger charge is -2.06. The highest BCUT2D eigenvalue weighted by molar-refractivity contribution is 6.02. The van der Waals surface area contributed by atoms with Gasteiger partial charge in [-0.15, -0.1) is 0 Å². The minimum absolute atomic E-state index is 0.235. The molecule has 3 aromatic rings. The molecular formula is C16H13NO3. The number of phenolic OH excluding ortho intramolecular Hbond substituents is 1. The van der Waals surface area contributed by atoms with Crippen LogP contribution in [0.4, 0.5) is 0 Å². The van der Waals surface area contributed by atoms with E-state index in [2.05, 4.69) is 0 Å². The van der Waals surface area contributed by atoms with Crippen LogP contribution >= 0.6 is 0 Å². The predicted molar refractivity (Wildman–Crippen MR) is 76.1 cm³/mol. The van der Waals surface area contributed by atoms with E-state index in [1.807, 2.05) is 35.0 Å². The zero-order valence-electron chi connectivity index (χ0n) is 10.7. The van der Waals surface area contributed by atoms with E-state index in [0.717, 1.165) is 16.5 Å². The molecule has 0 spiro atoms. The maximum atomic E-state index is 11.2. The second-order valence-corrected chi connectivity index (χ2v) is 4.65. The predicted octanol–water partition coefficient (Wildman–Crippen LogP) is 3.09. The Bertz CT molecular complexity index is 772. The number of nitrogens with zero attached hydrogens (tertiary/aromatic N) is 1. The molecule has 0 radical (unpaired) electrons. The van der Waals surface area contributed by atoms with Gasteiger partial charge in [0.05, 0.1) is 5.56 Å². The summed E-state index contributed by atoms with van der Waals surface area (Å²) in [5.41, 5.74) is 2.24. The quantitative estimate of drug-likeness (QED) is 0.766. The fourth-order valence-electron chi connectivity index (χ4n) is 2.35. The molecule has 0 aliphatic heterocycles. The molecule has 0 atom stereocenters. The van der Waals surface area contributed by atoms with Crippen LogP contribution < -0.4 is 0 Å². The van der Waals surface area contributed by atoms with Crippen LogP contribution in [0.15, 0.2) is 54.7 Å². The van der Waals surface area contributed by atoms with Crippen molar-refractivity contribution in [3.8, 4) is 5.75 Å². The third-order valence-corrected chi connectivity index (χ3v) is 3.33. The molecule has 0 aliphatic rings. The molecule has 2 N–H and O–H groups in total. The van der Waals surface area contributed by atoms with E-state index in [-0.39, 0.29) is 5.75 Å². The van der Waals surface area contributed by atoms with Gasteiger partial charge in [-0.2, -0.15) is 0 Å². The highest BCUT2D eigenvalue weighted by atomic mass is 16.4. The molecule has 0 aliphatic carbocycles. The van der Waals surface area contributed by atoms with Crippen LogP contribution in [0.25, 0.3) is 10.9 Å². The summed E-state index contributed by atoms with van der Waals surface area (Å²) in [6, 6.07) is 14.1. The van der Waals surface area contributed by atoms with Gasteiger partial charge in [0.2, 0.25) is 0 Å². The van der Waals surface area contributed by atoms with Crippen LogP contribution in [0.2, 0.25) is 0 Å². The summed E-state index contributed by atoms with van der Waals surface area (Å²) in [4.78, 5) is 11.2. The van der Waals surface area contributed by atoms with Crippen molar-refractivity contribution < 1.29 is 15.0 Å².